The molecule has 142 valence electrons. The van der Waals surface area contributed by atoms with E-state index in [0.717, 1.165) is 19.6 Å². The van der Waals surface area contributed by atoms with Crippen LogP contribution in [0.15, 0.2) is 24.3 Å². The number of hydrogen-bond acceptors (Lipinski definition) is 4. The van der Waals surface area contributed by atoms with Crippen molar-refractivity contribution >= 4 is 5.91 Å². The van der Waals surface area contributed by atoms with Gasteiger partial charge in [0.05, 0.1) is 19.8 Å². The Morgan fingerprint density at radius 2 is 1.68 bits per heavy atom. The fourth-order valence-corrected chi connectivity index (χ4v) is 2.21. The van der Waals surface area contributed by atoms with E-state index in [1.54, 1.807) is 0 Å². The summed E-state index contributed by atoms with van der Waals surface area (Å²) < 4.78 is 10.9. The molecular formula is C20H34N2O3. The number of amides is 1. The Balaban J connectivity index is 2.08. The van der Waals surface area contributed by atoms with Crippen molar-refractivity contribution in [1.29, 1.82) is 0 Å². The van der Waals surface area contributed by atoms with Crippen LogP contribution in [0.25, 0.3) is 0 Å². The number of carbonyl (C=O) groups is 1. The normalized spacial score (nSPS) is 11.0. The topological polar surface area (TPSA) is 59.6 Å². The highest BCUT2D eigenvalue weighted by molar-refractivity contribution is 5.94. The summed E-state index contributed by atoms with van der Waals surface area (Å²) in [7, 11) is 0. The number of hydrogen-bond donors (Lipinski definition) is 2. The van der Waals surface area contributed by atoms with Crippen LogP contribution < -0.4 is 10.6 Å². The van der Waals surface area contributed by atoms with E-state index in [0.29, 0.717) is 38.0 Å². The van der Waals surface area contributed by atoms with Crippen LogP contribution in [-0.2, 0) is 16.0 Å². The summed E-state index contributed by atoms with van der Waals surface area (Å²) in [4.78, 5) is 12.1. The van der Waals surface area contributed by atoms with Gasteiger partial charge in [0.25, 0.3) is 5.91 Å². The molecule has 0 bridgehead atoms. The van der Waals surface area contributed by atoms with Crippen molar-refractivity contribution in [3.8, 4) is 0 Å². The van der Waals surface area contributed by atoms with Gasteiger partial charge in [-0.1, -0.05) is 45.7 Å². The average Bonchev–Trinajstić information content (AvgIpc) is 2.61. The van der Waals surface area contributed by atoms with Crippen molar-refractivity contribution in [2.75, 3.05) is 33.0 Å². The predicted molar refractivity (Wildman–Crippen MR) is 102 cm³/mol. The number of carbonyl (C=O) groups excluding carboxylic acids is 1. The van der Waals surface area contributed by atoms with Crippen LogP contribution in [0.1, 0.15) is 56.0 Å². The first-order valence-corrected chi connectivity index (χ1v) is 9.39. The molecule has 0 fully saturated rings. The second-order valence-electron chi connectivity index (χ2n) is 6.42. The van der Waals surface area contributed by atoms with E-state index in [4.69, 9.17) is 9.47 Å². The third-order valence-electron chi connectivity index (χ3n) is 3.73. The average molecular weight is 351 g/mol. The van der Waals surface area contributed by atoms with E-state index in [2.05, 4.69) is 31.4 Å². The second-order valence-corrected chi connectivity index (χ2v) is 6.42. The van der Waals surface area contributed by atoms with Crippen molar-refractivity contribution in [2.45, 2.75) is 52.6 Å². The van der Waals surface area contributed by atoms with Crippen molar-refractivity contribution in [1.82, 2.24) is 10.6 Å². The molecule has 1 amide bonds. The largest absolute Gasteiger partial charge is 0.379 e. The van der Waals surface area contributed by atoms with Crippen LogP contribution in [0, 0.1) is 0 Å². The molecule has 0 aliphatic rings. The highest BCUT2D eigenvalue weighted by Crippen LogP contribution is 2.04. The first-order chi connectivity index (χ1) is 12.1. The Morgan fingerprint density at radius 1 is 1.00 bits per heavy atom. The monoisotopic (exact) mass is 350 g/mol. The molecular weight excluding hydrogens is 316 g/mol. The van der Waals surface area contributed by atoms with Crippen molar-refractivity contribution in [3.05, 3.63) is 35.4 Å². The third-order valence-corrected chi connectivity index (χ3v) is 3.73. The van der Waals surface area contributed by atoms with Gasteiger partial charge >= 0.3 is 0 Å². The lowest BCUT2D eigenvalue weighted by atomic mass is 10.1. The maximum atomic E-state index is 12.1. The molecule has 5 heteroatoms. The molecule has 1 aromatic rings. The molecule has 0 atom stereocenters. The Labute approximate surface area is 152 Å². The first-order valence-electron chi connectivity index (χ1n) is 9.39. The van der Waals surface area contributed by atoms with Crippen LogP contribution in [0.5, 0.6) is 0 Å². The summed E-state index contributed by atoms with van der Waals surface area (Å²) in [5.74, 6) is -0.0669. The van der Waals surface area contributed by atoms with Gasteiger partial charge in [-0.2, -0.15) is 0 Å². The van der Waals surface area contributed by atoms with E-state index in [1.807, 2.05) is 24.3 Å². The molecule has 1 rings (SSSR count). The summed E-state index contributed by atoms with van der Waals surface area (Å²) in [6.45, 7) is 10.2. The molecule has 0 spiro atoms. The van der Waals surface area contributed by atoms with Gasteiger partial charge in [0.2, 0.25) is 0 Å². The van der Waals surface area contributed by atoms with Gasteiger partial charge in [-0.25, -0.2) is 0 Å². The molecule has 0 aliphatic heterocycles. The molecule has 0 radical (unpaired) electrons. The number of nitrogens with one attached hydrogen (secondary N) is 2. The summed E-state index contributed by atoms with van der Waals surface area (Å²) >= 11 is 0. The molecule has 0 saturated carbocycles. The van der Waals surface area contributed by atoms with Gasteiger partial charge in [-0.15, -0.1) is 0 Å². The van der Waals surface area contributed by atoms with Crippen LogP contribution in [0.2, 0.25) is 0 Å². The Morgan fingerprint density at radius 3 is 2.32 bits per heavy atom. The Kier molecular flexibility index (Phi) is 11.9. The zero-order valence-corrected chi connectivity index (χ0v) is 16.0. The first kappa shape index (κ1) is 21.6. The van der Waals surface area contributed by atoms with E-state index in [-0.39, 0.29) is 5.91 Å². The van der Waals surface area contributed by atoms with E-state index in [1.165, 1.54) is 18.4 Å². The lowest BCUT2D eigenvalue weighted by Crippen LogP contribution is -2.27. The minimum absolute atomic E-state index is 0.0669. The standard InChI is InChI=1S/C20H34N2O3/c1-4-5-6-12-24-14-15-25-13-11-21-20(23)19-9-7-18(8-10-19)16-22-17(2)3/h7-10,17,22H,4-6,11-16H2,1-3H3,(H,21,23). The van der Waals surface area contributed by atoms with Gasteiger partial charge < -0.3 is 20.1 Å². The Hall–Kier alpha value is -1.43. The molecule has 25 heavy (non-hydrogen) atoms. The second kappa shape index (κ2) is 13.8. The number of rotatable bonds is 14. The quantitative estimate of drug-likeness (QED) is 0.506. The molecule has 0 aliphatic carbocycles. The van der Waals surface area contributed by atoms with E-state index >= 15 is 0 Å². The lowest BCUT2D eigenvalue weighted by Gasteiger charge is -2.09. The minimum atomic E-state index is -0.0669. The van der Waals surface area contributed by atoms with Gasteiger partial charge in [0.15, 0.2) is 0 Å². The molecule has 0 aromatic heterocycles. The number of ether oxygens (including phenoxy) is 2. The zero-order valence-electron chi connectivity index (χ0n) is 16.0. The highest BCUT2D eigenvalue weighted by atomic mass is 16.5. The van der Waals surface area contributed by atoms with Gasteiger partial charge in [-0.3, -0.25) is 4.79 Å². The number of benzene rings is 1. The van der Waals surface area contributed by atoms with Crippen molar-refractivity contribution in [3.63, 3.8) is 0 Å². The zero-order chi connectivity index (χ0) is 18.3. The summed E-state index contributed by atoms with van der Waals surface area (Å²) in [6.07, 6.45) is 3.53. The summed E-state index contributed by atoms with van der Waals surface area (Å²) in [6, 6.07) is 8.13. The lowest BCUT2D eigenvalue weighted by molar-refractivity contribution is 0.0469. The summed E-state index contributed by atoms with van der Waals surface area (Å²) in [5.41, 5.74) is 1.85. The van der Waals surface area contributed by atoms with E-state index < -0.39 is 0 Å². The smallest absolute Gasteiger partial charge is 0.251 e. The van der Waals surface area contributed by atoms with Gasteiger partial charge in [-0.05, 0) is 24.1 Å². The maximum absolute atomic E-state index is 12.1. The van der Waals surface area contributed by atoms with Crippen molar-refractivity contribution < 1.29 is 14.3 Å². The van der Waals surface area contributed by atoms with Crippen molar-refractivity contribution in [2.24, 2.45) is 0 Å². The maximum Gasteiger partial charge on any atom is 0.251 e. The van der Waals surface area contributed by atoms with Crippen LogP contribution in [0.4, 0.5) is 0 Å². The SMILES string of the molecule is CCCCCOCCOCCNC(=O)c1ccc(CNC(C)C)cc1. The van der Waals surface area contributed by atoms with Crippen LogP contribution in [-0.4, -0.2) is 44.9 Å². The third kappa shape index (κ3) is 10.9. The van der Waals surface area contributed by atoms with Gasteiger partial charge in [0, 0.05) is 31.3 Å². The Bertz CT molecular complexity index is 461. The molecule has 5 nitrogen and oxygen atoms in total. The molecule has 0 unspecified atom stereocenters. The van der Waals surface area contributed by atoms with E-state index in [9.17, 15) is 4.79 Å². The molecule has 0 saturated heterocycles. The van der Waals surface area contributed by atoms with Gasteiger partial charge in [0.1, 0.15) is 0 Å². The van der Waals surface area contributed by atoms with Crippen LogP contribution >= 0.6 is 0 Å². The molecule has 2 N–H and O–H groups in total. The fraction of sp³-hybridized carbons (Fsp3) is 0.650. The van der Waals surface area contributed by atoms with Crippen LogP contribution in [0.3, 0.4) is 0 Å². The minimum Gasteiger partial charge on any atom is -0.379 e. The molecule has 0 heterocycles. The fourth-order valence-electron chi connectivity index (χ4n) is 2.21. The number of unbranched alkanes of at least 4 members (excludes halogenated alkanes) is 2. The highest BCUT2D eigenvalue weighted by Gasteiger charge is 2.04. The molecule has 1 aromatic carbocycles. The summed E-state index contributed by atoms with van der Waals surface area (Å²) in [5, 5.41) is 6.22. The predicted octanol–water partition coefficient (Wildman–Crippen LogP) is 3.14.